The van der Waals surface area contributed by atoms with Crippen molar-refractivity contribution in [3.05, 3.63) is 60.7 Å². The van der Waals surface area contributed by atoms with Crippen LogP contribution in [0.5, 0.6) is 0 Å². The molecule has 0 aliphatic carbocycles. The Balaban J connectivity index is 1.52. The number of hydrogen-bond donors (Lipinski definition) is 1. The first-order valence-electron chi connectivity index (χ1n) is 8.80. The van der Waals surface area contributed by atoms with E-state index in [9.17, 15) is 5.11 Å². The second-order valence-corrected chi connectivity index (χ2v) is 6.52. The van der Waals surface area contributed by atoms with Gasteiger partial charge in [-0.1, -0.05) is 17.3 Å². The molecule has 28 heavy (non-hydrogen) atoms. The molecule has 9 heteroatoms. The van der Waals surface area contributed by atoms with Gasteiger partial charge in [-0.2, -0.15) is 5.10 Å². The smallest absolute Gasteiger partial charge is 0.182 e. The van der Waals surface area contributed by atoms with E-state index in [2.05, 4.69) is 36.4 Å². The molecule has 1 N–H and O–H groups in total. The van der Waals surface area contributed by atoms with Gasteiger partial charge in [0.25, 0.3) is 0 Å². The first-order valence-corrected chi connectivity index (χ1v) is 8.80. The number of pyridine rings is 1. The quantitative estimate of drug-likeness (QED) is 0.515. The summed E-state index contributed by atoms with van der Waals surface area (Å²) in [5, 5.41) is 23.2. The van der Waals surface area contributed by atoms with E-state index in [4.69, 9.17) is 0 Å². The molecule has 0 spiro atoms. The Labute approximate surface area is 159 Å². The molecule has 1 unspecified atom stereocenters. The predicted octanol–water partition coefficient (Wildman–Crippen LogP) is 2.19. The molecule has 1 atom stereocenters. The van der Waals surface area contributed by atoms with Crippen LogP contribution in [0.3, 0.4) is 0 Å². The van der Waals surface area contributed by atoms with Crippen molar-refractivity contribution in [2.24, 2.45) is 0 Å². The van der Waals surface area contributed by atoms with Crippen LogP contribution < -0.4 is 0 Å². The molecular formula is C19H16N8O. The Morgan fingerprint density at radius 3 is 2.89 bits per heavy atom. The van der Waals surface area contributed by atoms with Crippen LogP contribution in [-0.4, -0.2) is 44.8 Å². The van der Waals surface area contributed by atoms with E-state index in [0.29, 0.717) is 29.1 Å². The minimum absolute atomic E-state index is 0.505. The molecule has 0 aliphatic rings. The maximum absolute atomic E-state index is 9.64. The van der Waals surface area contributed by atoms with Gasteiger partial charge in [0, 0.05) is 17.8 Å². The molecule has 0 saturated carbocycles. The van der Waals surface area contributed by atoms with Crippen molar-refractivity contribution >= 4 is 22.1 Å². The standard InChI is InChI=1S/C19H16N8O/c1-12(28)26-11-15(8-22-26)18-21-9-17-19(23-18)27(25-24-17)10-13-4-5-16-14(7-13)3-2-6-20-16/h2-9,11-12,28H,10H2,1H3. The second kappa shape index (κ2) is 6.46. The number of nitrogens with zero attached hydrogens (tertiary/aromatic N) is 8. The van der Waals surface area contributed by atoms with E-state index in [1.54, 1.807) is 36.4 Å². The van der Waals surface area contributed by atoms with Gasteiger partial charge in [-0.15, -0.1) is 5.10 Å². The molecule has 138 valence electrons. The molecule has 0 bridgehead atoms. The van der Waals surface area contributed by atoms with Gasteiger partial charge < -0.3 is 5.11 Å². The Morgan fingerprint density at radius 1 is 1.11 bits per heavy atom. The van der Waals surface area contributed by atoms with Crippen molar-refractivity contribution in [1.82, 2.24) is 39.7 Å². The minimum atomic E-state index is -0.716. The van der Waals surface area contributed by atoms with E-state index in [1.807, 2.05) is 24.3 Å². The first kappa shape index (κ1) is 16.5. The van der Waals surface area contributed by atoms with Crippen LogP contribution in [0.2, 0.25) is 0 Å². The lowest BCUT2D eigenvalue weighted by Crippen LogP contribution is -2.04. The van der Waals surface area contributed by atoms with Crippen molar-refractivity contribution in [1.29, 1.82) is 0 Å². The minimum Gasteiger partial charge on any atom is -0.372 e. The number of rotatable bonds is 4. The lowest BCUT2D eigenvalue weighted by atomic mass is 10.1. The highest BCUT2D eigenvalue weighted by molar-refractivity contribution is 5.79. The summed E-state index contributed by atoms with van der Waals surface area (Å²) in [6.45, 7) is 2.17. The third-order valence-electron chi connectivity index (χ3n) is 4.50. The molecule has 5 aromatic rings. The summed E-state index contributed by atoms with van der Waals surface area (Å²) in [5.74, 6) is 0.505. The largest absolute Gasteiger partial charge is 0.372 e. The first-order chi connectivity index (χ1) is 13.7. The molecule has 1 aromatic carbocycles. The van der Waals surface area contributed by atoms with Crippen molar-refractivity contribution in [2.75, 3.05) is 0 Å². The van der Waals surface area contributed by atoms with Crippen LogP contribution in [-0.2, 0) is 6.54 Å². The SMILES string of the molecule is CC(O)n1cc(-c2ncc3nnn(Cc4ccc5ncccc5c4)c3n2)cn1. The topological polar surface area (TPSA) is 107 Å². The average Bonchev–Trinajstić information content (AvgIpc) is 3.35. The Morgan fingerprint density at radius 2 is 2.04 bits per heavy atom. The average molecular weight is 372 g/mol. The van der Waals surface area contributed by atoms with Gasteiger partial charge in [0.05, 0.1) is 30.0 Å². The van der Waals surface area contributed by atoms with Crippen LogP contribution in [0.1, 0.15) is 18.7 Å². The zero-order chi connectivity index (χ0) is 19.1. The van der Waals surface area contributed by atoms with Gasteiger partial charge in [0.15, 0.2) is 17.0 Å². The third kappa shape index (κ3) is 2.87. The number of aliphatic hydroxyl groups is 1. The van der Waals surface area contributed by atoms with Crippen molar-refractivity contribution < 1.29 is 5.11 Å². The van der Waals surface area contributed by atoms with E-state index >= 15 is 0 Å². The maximum atomic E-state index is 9.64. The van der Waals surface area contributed by atoms with Crippen molar-refractivity contribution in [2.45, 2.75) is 19.7 Å². The van der Waals surface area contributed by atoms with E-state index in [0.717, 1.165) is 16.5 Å². The van der Waals surface area contributed by atoms with Crippen LogP contribution in [0, 0.1) is 0 Å². The van der Waals surface area contributed by atoms with Crippen molar-refractivity contribution in [3.8, 4) is 11.4 Å². The fraction of sp³-hybridized carbons (Fsp3) is 0.158. The molecule has 0 amide bonds. The van der Waals surface area contributed by atoms with E-state index in [-0.39, 0.29) is 0 Å². The Kier molecular flexibility index (Phi) is 3.80. The zero-order valence-electron chi connectivity index (χ0n) is 15.0. The molecule has 0 aliphatic heterocycles. The summed E-state index contributed by atoms with van der Waals surface area (Å²) in [6.07, 6.45) is 6.04. The monoisotopic (exact) mass is 372 g/mol. The third-order valence-corrected chi connectivity index (χ3v) is 4.50. The molecule has 0 fully saturated rings. The molecule has 9 nitrogen and oxygen atoms in total. The maximum Gasteiger partial charge on any atom is 0.182 e. The number of fused-ring (bicyclic) bond motifs is 2. The summed E-state index contributed by atoms with van der Waals surface area (Å²) in [5.41, 5.74) is 4.01. The molecule has 4 heterocycles. The highest BCUT2D eigenvalue weighted by Gasteiger charge is 2.12. The van der Waals surface area contributed by atoms with Crippen LogP contribution in [0.15, 0.2) is 55.1 Å². The van der Waals surface area contributed by atoms with Crippen LogP contribution in [0.4, 0.5) is 0 Å². The van der Waals surface area contributed by atoms with Crippen molar-refractivity contribution in [3.63, 3.8) is 0 Å². The normalized spacial score (nSPS) is 12.6. The Hall–Kier alpha value is -3.72. The highest BCUT2D eigenvalue weighted by atomic mass is 16.3. The fourth-order valence-electron chi connectivity index (χ4n) is 3.07. The second-order valence-electron chi connectivity index (χ2n) is 6.52. The summed E-state index contributed by atoms with van der Waals surface area (Å²) < 4.78 is 3.19. The molecular weight excluding hydrogens is 356 g/mol. The molecule has 5 rings (SSSR count). The van der Waals surface area contributed by atoms with Gasteiger partial charge in [-0.3, -0.25) is 4.98 Å². The zero-order valence-corrected chi connectivity index (χ0v) is 15.0. The van der Waals surface area contributed by atoms with Crippen LogP contribution >= 0.6 is 0 Å². The fourth-order valence-corrected chi connectivity index (χ4v) is 3.07. The predicted molar refractivity (Wildman–Crippen MR) is 102 cm³/mol. The van der Waals surface area contributed by atoms with Gasteiger partial charge >= 0.3 is 0 Å². The van der Waals surface area contributed by atoms with Gasteiger partial charge in [-0.25, -0.2) is 19.3 Å². The van der Waals surface area contributed by atoms with Gasteiger partial charge in [-0.05, 0) is 30.7 Å². The summed E-state index contributed by atoms with van der Waals surface area (Å²) in [6, 6.07) is 10.1. The number of benzene rings is 1. The van der Waals surface area contributed by atoms with Gasteiger partial charge in [0.1, 0.15) is 6.23 Å². The van der Waals surface area contributed by atoms with E-state index < -0.39 is 6.23 Å². The summed E-state index contributed by atoms with van der Waals surface area (Å²) in [4.78, 5) is 13.3. The van der Waals surface area contributed by atoms with E-state index in [1.165, 1.54) is 4.68 Å². The van der Waals surface area contributed by atoms with Crippen LogP contribution in [0.25, 0.3) is 33.5 Å². The summed E-state index contributed by atoms with van der Waals surface area (Å²) in [7, 11) is 0. The Bertz CT molecular complexity index is 1290. The molecule has 0 radical (unpaired) electrons. The number of hydrogen-bond acceptors (Lipinski definition) is 7. The highest BCUT2D eigenvalue weighted by Crippen LogP contribution is 2.19. The summed E-state index contributed by atoms with van der Waals surface area (Å²) >= 11 is 0. The lowest BCUT2D eigenvalue weighted by Gasteiger charge is -2.05. The number of aliphatic hydroxyl groups excluding tert-OH is 1. The lowest BCUT2D eigenvalue weighted by molar-refractivity contribution is 0.111. The van der Waals surface area contributed by atoms with Gasteiger partial charge in [0.2, 0.25) is 0 Å². The molecule has 4 aromatic heterocycles. The number of aromatic nitrogens is 8. The molecule has 0 saturated heterocycles.